The van der Waals surface area contributed by atoms with Gasteiger partial charge in [-0.1, -0.05) is 42.5 Å². The molecule has 0 saturated carbocycles. The van der Waals surface area contributed by atoms with Crippen LogP contribution < -0.4 is 0 Å². The molecule has 1 aromatic carbocycles. The maximum atomic E-state index is 4.00. The van der Waals surface area contributed by atoms with Crippen LogP contribution in [0.15, 0.2) is 60.9 Å². The number of halogens is 1. The fourth-order valence-corrected chi connectivity index (χ4v) is 1.58. The third kappa shape index (κ3) is 4.83. The van der Waals surface area contributed by atoms with E-state index in [0.717, 1.165) is 12.8 Å². The molecule has 1 aromatic heterocycles. The fourth-order valence-electron chi connectivity index (χ4n) is 1.58. The molecule has 1 nitrogen and oxygen atoms in total. The summed E-state index contributed by atoms with van der Waals surface area (Å²) in [6.07, 6.45) is 10.2. The zero-order valence-corrected chi connectivity index (χ0v) is 10.4. The minimum Gasteiger partial charge on any atom is -0.265 e. The Morgan fingerprint density at radius 3 is 2.35 bits per heavy atom. The molecule has 2 heteroatoms. The molecule has 0 unspecified atom stereocenters. The lowest BCUT2D eigenvalue weighted by atomic mass is 10.1. The molecule has 0 N–H and O–H groups in total. The topological polar surface area (TPSA) is 12.9 Å². The summed E-state index contributed by atoms with van der Waals surface area (Å²) in [4.78, 5) is 4.00. The fraction of sp³-hybridized carbons (Fsp3) is 0.133. The van der Waals surface area contributed by atoms with E-state index < -0.39 is 0 Å². The Morgan fingerprint density at radius 1 is 0.941 bits per heavy atom. The molecule has 0 amide bonds. The van der Waals surface area contributed by atoms with Gasteiger partial charge in [0, 0.05) is 12.4 Å². The Bertz CT molecular complexity index is 437. The Kier molecular flexibility index (Phi) is 6.05. The van der Waals surface area contributed by atoms with Crippen molar-refractivity contribution >= 4 is 18.5 Å². The predicted molar refractivity (Wildman–Crippen MR) is 75.3 cm³/mol. The highest BCUT2D eigenvalue weighted by Gasteiger charge is 1.88. The Balaban J connectivity index is 0.00000144. The molecule has 2 rings (SSSR count). The van der Waals surface area contributed by atoms with Crippen molar-refractivity contribution in [2.75, 3.05) is 0 Å². The molecule has 0 bridgehead atoms. The second kappa shape index (κ2) is 7.64. The van der Waals surface area contributed by atoms with E-state index >= 15 is 0 Å². The van der Waals surface area contributed by atoms with Crippen molar-refractivity contribution < 1.29 is 0 Å². The lowest BCUT2D eigenvalue weighted by Crippen LogP contribution is -1.82. The zero-order valence-electron chi connectivity index (χ0n) is 9.62. The van der Waals surface area contributed by atoms with Crippen LogP contribution in [0.3, 0.4) is 0 Å². The largest absolute Gasteiger partial charge is 0.265 e. The third-order valence-corrected chi connectivity index (χ3v) is 2.46. The van der Waals surface area contributed by atoms with Crippen LogP contribution in [0.25, 0.3) is 6.08 Å². The van der Waals surface area contributed by atoms with Gasteiger partial charge in [-0.3, -0.25) is 4.98 Å². The number of pyridine rings is 1. The smallest absolute Gasteiger partial charge is 0.0270 e. The monoisotopic (exact) mass is 245 g/mol. The lowest BCUT2D eigenvalue weighted by Gasteiger charge is -1.96. The van der Waals surface area contributed by atoms with Gasteiger partial charge in [0.2, 0.25) is 0 Å². The quantitative estimate of drug-likeness (QED) is 0.789. The summed E-state index contributed by atoms with van der Waals surface area (Å²) in [5, 5.41) is 0. The number of hydrogen-bond donors (Lipinski definition) is 0. The number of rotatable bonds is 4. The Labute approximate surface area is 109 Å². The van der Waals surface area contributed by atoms with Gasteiger partial charge in [0.25, 0.3) is 0 Å². The van der Waals surface area contributed by atoms with Gasteiger partial charge in [0.15, 0.2) is 0 Å². The summed E-state index contributed by atoms with van der Waals surface area (Å²) >= 11 is 0. The summed E-state index contributed by atoms with van der Waals surface area (Å²) in [6.45, 7) is 0. The van der Waals surface area contributed by atoms with Crippen molar-refractivity contribution in [3.63, 3.8) is 0 Å². The first-order valence-electron chi connectivity index (χ1n) is 5.55. The van der Waals surface area contributed by atoms with Crippen LogP contribution in [0, 0.1) is 0 Å². The average molecular weight is 246 g/mol. The molecule has 0 spiro atoms. The van der Waals surface area contributed by atoms with Gasteiger partial charge in [-0.2, -0.15) is 0 Å². The minimum absolute atomic E-state index is 0. The number of aromatic nitrogens is 1. The summed E-state index contributed by atoms with van der Waals surface area (Å²) < 4.78 is 0. The van der Waals surface area contributed by atoms with E-state index in [1.54, 1.807) is 0 Å². The average Bonchev–Trinajstić information content (AvgIpc) is 2.37. The van der Waals surface area contributed by atoms with E-state index in [9.17, 15) is 0 Å². The summed E-state index contributed by atoms with van der Waals surface area (Å²) in [5.41, 5.74) is 2.60. The maximum absolute atomic E-state index is 4.00. The molecule has 0 fully saturated rings. The van der Waals surface area contributed by atoms with Crippen LogP contribution in [0.5, 0.6) is 0 Å². The molecule has 0 aliphatic carbocycles. The molecule has 0 radical (unpaired) electrons. The Hall–Kier alpha value is -1.60. The van der Waals surface area contributed by atoms with Gasteiger partial charge in [0.1, 0.15) is 0 Å². The highest BCUT2D eigenvalue weighted by atomic mass is 35.5. The normalized spacial score (nSPS) is 10.1. The molecule has 17 heavy (non-hydrogen) atoms. The number of hydrogen-bond acceptors (Lipinski definition) is 1. The zero-order chi connectivity index (χ0) is 11.1. The van der Waals surface area contributed by atoms with Crippen LogP contribution in [0.1, 0.15) is 17.5 Å². The van der Waals surface area contributed by atoms with E-state index in [2.05, 4.69) is 53.5 Å². The summed E-state index contributed by atoms with van der Waals surface area (Å²) in [6, 6.07) is 14.5. The predicted octanol–water partition coefficient (Wildman–Crippen LogP) is 4.15. The number of nitrogens with zero attached hydrogens (tertiary/aromatic N) is 1. The summed E-state index contributed by atoms with van der Waals surface area (Å²) in [7, 11) is 0. The van der Waals surface area contributed by atoms with Crippen molar-refractivity contribution in [1.29, 1.82) is 0 Å². The highest BCUT2D eigenvalue weighted by Crippen LogP contribution is 2.05. The molecule has 0 aliphatic heterocycles. The van der Waals surface area contributed by atoms with Crippen LogP contribution in [-0.2, 0) is 6.42 Å². The molecule has 0 saturated heterocycles. The standard InChI is InChI=1S/C15H15N.ClH/c1-2-6-14(7-3-1)8-4-5-9-15-10-12-16-13-11-15;/h1-4,6-8,10-13H,5,9H2;1H/b8-4+;. The number of benzene rings is 1. The molecular weight excluding hydrogens is 230 g/mol. The van der Waals surface area contributed by atoms with Crippen LogP contribution in [-0.4, -0.2) is 4.98 Å². The number of aryl methyl sites for hydroxylation is 1. The minimum atomic E-state index is 0. The molecule has 88 valence electrons. The molecule has 0 aliphatic rings. The van der Waals surface area contributed by atoms with E-state index in [1.165, 1.54) is 11.1 Å². The van der Waals surface area contributed by atoms with Crippen LogP contribution >= 0.6 is 12.4 Å². The Morgan fingerprint density at radius 2 is 1.65 bits per heavy atom. The summed E-state index contributed by atoms with van der Waals surface area (Å²) in [5.74, 6) is 0. The van der Waals surface area contributed by atoms with Crippen LogP contribution in [0.4, 0.5) is 0 Å². The van der Waals surface area contributed by atoms with E-state index in [4.69, 9.17) is 0 Å². The molecular formula is C15H16ClN. The highest BCUT2D eigenvalue weighted by molar-refractivity contribution is 5.85. The van der Waals surface area contributed by atoms with Crippen molar-refractivity contribution in [3.8, 4) is 0 Å². The second-order valence-electron chi connectivity index (χ2n) is 3.71. The van der Waals surface area contributed by atoms with Crippen LogP contribution in [0.2, 0.25) is 0 Å². The van der Waals surface area contributed by atoms with Crippen molar-refractivity contribution in [2.45, 2.75) is 12.8 Å². The van der Waals surface area contributed by atoms with E-state index in [0.29, 0.717) is 0 Å². The molecule has 1 heterocycles. The van der Waals surface area contributed by atoms with Gasteiger partial charge < -0.3 is 0 Å². The van der Waals surface area contributed by atoms with E-state index in [-0.39, 0.29) is 12.4 Å². The van der Waals surface area contributed by atoms with Crippen molar-refractivity contribution in [3.05, 3.63) is 72.1 Å². The first-order valence-corrected chi connectivity index (χ1v) is 5.55. The SMILES string of the molecule is C(=C\c1ccccc1)/CCc1ccncc1.Cl. The lowest BCUT2D eigenvalue weighted by molar-refractivity contribution is 0.998. The third-order valence-electron chi connectivity index (χ3n) is 2.46. The molecule has 2 aromatic rings. The first kappa shape index (κ1) is 13.5. The van der Waals surface area contributed by atoms with Gasteiger partial charge in [0.05, 0.1) is 0 Å². The van der Waals surface area contributed by atoms with E-state index in [1.807, 2.05) is 18.5 Å². The second-order valence-corrected chi connectivity index (χ2v) is 3.71. The van der Waals surface area contributed by atoms with Gasteiger partial charge >= 0.3 is 0 Å². The first-order chi connectivity index (χ1) is 7.95. The number of allylic oxidation sites excluding steroid dienone is 1. The van der Waals surface area contributed by atoms with Gasteiger partial charge in [-0.15, -0.1) is 12.4 Å². The van der Waals surface area contributed by atoms with Crippen molar-refractivity contribution in [2.24, 2.45) is 0 Å². The molecule has 0 atom stereocenters. The van der Waals surface area contributed by atoms with Crippen molar-refractivity contribution in [1.82, 2.24) is 4.98 Å². The van der Waals surface area contributed by atoms with Gasteiger partial charge in [-0.05, 0) is 36.1 Å². The van der Waals surface area contributed by atoms with Gasteiger partial charge in [-0.25, -0.2) is 0 Å². The maximum Gasteiger partial charge on any atom is 0.0270 e.